The molecule has 166 valence electrons. The zero-order valence-electron chi connectivity index (χ0n) is 18.2. The third-order valence-corrected chi connectivity index (χ3v) is 5.22. The van der Waals surface area contributed by atoms with Gasteiger partial charge in [-0.3, -0.25) is 4.79 Å². The average Bonchev–Trinajstić information content (AvgIpc) is 3.29. The van der Waals surface area contributed by atoms with Crippen LogP contribution in [0.3, 0.4) is 0 Å². The minimum absolute atomic E-state index is 0.148. The Bertz CT molecular complexity index is 1160. The van der Waals surface area contributed by atoms with Crippen LogP contribution in [0.1, 0.15) is 19.6 Å². The lowest BCUT2D eigenvalue weighted by Gasteiger charge is -2.21. The molecule has 3 N–H and O–H groups in total. The van der Waals surface area contributed by atoms with Gasteiger partial charge in [0.2, 0.25) is 0 Å². The molecule has 0 aliphatic heterocycles. The summed E-state index contributed by atoms with van der Waals surface area (Å²) in [6, 6.07) is 17.8. The molecule has 0 spiro atoms. The molecule has 1 aromatic heterocycles. The summed E-state index contributed by atoms with van der Waals surface area (Å²) in [5.41, 5.74) is 1.93. The van der Waals surface area contributed by atoms with E-state index in [0.717, 1.165) is 29.4 Å². The first kappa shape index (κ1) is 23.1. The summed E-state index contributed by atoms with van der Waals surface area (Å²) in [4.78, 5) is 14.4. The number of nitrogens with zero attached hydrogens (tertiary/aromatic N) is 2. The summed E-state index contributed by atoms with van der Waals surface area (Å²) in [6.07, 6.45) is 0.270. The SMILES string of the molecule is CCN(CC)c1ccc2cc(-c3ccc(C=C(C#N)C(=O)NCC(O)CO)o3)ccc2c1. The van der Waals surface area contributed by atoms with Crippen LogP contribution < -0.4 is 10.2 Å². The maximum atomic E-state index is 12.1. The Labute approximate surface area is 187 Å². The van der Waals surface area contributed by atoms with Crippen LogP contribution >= 0.6 is 0 Å². The van der Waals surface area contributed by atoms with Crippen LogP contribution in [0.15, 0.2) is 58.5 Å². The average molecular weight is 434 g/mol. The van der Waals surface area contributed by atoms with Crippen LogP contribution in [0.5, 0.6) is 0 Å². The van der Waals surface area contributed by atoms with Crippen LogP contribution in [0.25, 0.3) is 28.2 Å². The van der Waals surface area contributed by atoms with Crippen molar-refractivity contribution >= 4 is 28.4 Å². The second kappa shape index (κ2) is 10.6. The van der Waals surface area contributed by atoms with Crippen LogP contribution in [0.4, 0.5) is 5.69 Å². The summed E-state index contributed by atoms with van der Waals surface area (Å²) >= 11 is 0. The number of amides is 1. The summed E-state index contributed by atoms with van der Waals surface area (Å²) < 4.78 is 5.84. The van der Waals surface area contributed by atoms with Gasteiger partial charge in [0.15, 0.2) is 0 Å². The fraction of sp³-hybridized carbons (Fsp3) is 0.280. The quantitative estimate of drug-likeness (QED) is 0.353. The van der Waals surface area contributed by atoms with Gasteiger partial charge in [-0.1, -0.05) is 18.2 Å². The van der Waals surface area contributed by atoms with E-state index in [9.17, 15) is 15.2 Å². The molecule has 0 saturated carbocycles. The van der Waals surface area contributed by atoms with E-state index in [2.05, 4.69) is 48.3 Å². The first-order chi connectivity index (χ1) is 15.5. The number of furan rings is 1. The Kier molecular flexibility index (Phi) is 7.66. The lowest BCUT2D eigenvalue weighted by atomic mass is 10.0. The van der Waals surface area contributed by atoms with Gasteiger partial charge in [0.1, 0.15) is 23.2 Å². The van der Waals surface area contributed by atoms with Crippen LogP contribution in [0.2, 0.25) is 0 Å². The number of benzene rings is 2. The normalized spacial score (nSPS) is 12.4. The molecule has 1 atom stereocenters. The summed E-state index contributed by atoms with van der Waals surface area (Å²) in [5, 5.41) is 32.1. The van der Waals surface area contributed by atoms with Gasteiger partial charge < -0.3 is 24.8 Å². The summed E-state index contributed by atoms with van der Waals surface area (Å²) in [5.74, 6) is 0.346. The van der Waals surface area contributed by atoms with Gasteiger partial charge in [0, 0.05) is 37.0 Å². The standard InChI is InChI=1S/C25H27N3O4/c1-3-28(4-2)21-8-7-17-11-19(6-5-18(17)12-21)24-10-9-23(32-24)13-20(14-26)25(31)27-15-22(30)16-29/h5-13,22,29-30H,3-4,15-16H2,1-2H3,(H,27,31). The van der Waals surface area contributed by atoms with Crippen molar-refractivity contribution in [2.75, 3.05) is 31.1 Å². The van der Waals surface area contributed by atoms with Crippen molar-refractivity contribution in [3.63, 3.8) is 0 Å². The minimum atomic E-state index is -1.08. The Balaban J connectivity index is 1.80. The fourth-order valence-electron chi connectivity index (χ4n) is 3.42. The first-order valence-electron chi connectivity index (χ1n) is 10.6. The van der Waals surface area contributed by atoms with Crippen molar-refractivity contribution in [2.45, 2.75) is 20.0 Å². The van der Waals surface area contributed by atoms with E-state index in [1.165, 1.54) is 11.8 Å². The van der Waals surface area contributed by atoms with E-state index in [4.69, 9.17) is 9.52 Å². The van der Waals surface area contributed by atoms with Crippen molar-refractivity contribution in [2.24, 2.45) is 0 Å². The maximum Gasteiger partial charge on any atom is 0.262 e. The molecular weight excluding hydrogens is 406 g/mol. The molecule has 3 rings (SSSR count). The molecule has 0 saturated heterocycles. The number of aliphatic hydroxyl groups is 2. The molecule has 0 fully saturated rings. The number of nitrogens with one attached hydrogen (secondary N) is 1. The van der Waals surface area contributed by atoms with E-state index >= 15 is 0 Å². The number of hydrogen-bond donors (Lipinski definition) is 3. The maximum absolute atomic E-state index is 12.1. The second-order valence-corrected chi connectivity index (χ2v) is 7.34. The Hall–Kier alpha value is -3.60. The molecule has 0 aliphatic rings. The molecule has 7 heteroatoms. The number of rotatable bonds is 9. The second-order valence-electron chi connectivity index (χ2n) is 7.34. The topological polar surface area (TPSA) is 110 Å². The Morgan fingerprint density at radius 3 is 2.56 bits per heavy atom. The van der Waals surface area contributed by atoms with E-state index < -0.39 is 18.6 Å². The lowest BCUT2D eigenvalue weighted by Crippen LogP contribution is -2.34. The number of carbonyl (C=O) groups excluding carboxylic acids is 1. The fourth-order valence-corrected chi connectivity index (χ4v) is 3.42. The largest absolute Gasteiger partial charge is 0.457 e. The Morgan fingerprint density at radius 2 is 1.88 bits per heavy atom. The molecule has 32 heavy (non-hydrogen) atoms. The predicted molar refractivity (Wildman–Crippen MR) is 125 cm³/mol. The van der Waals surface area contributed by atoms with Crippen molar-refractivity contribution in [1.82, 2.24) is 5.32 Å². The Morgan fingerprint density at radius 1 is 1.16 bits per heavy atom. The molecule has 1 heterocycles. The highest BCUT2D eigenvalue weighted by Gasteiger charge is 2.13. The highest BCUT2D eigenvalue weighted by molar-refractivity contribution is 6.01. The number of nitriles is 1. The highest BCUT2D eigenvalue weighted by Crippen LogP contribution is 2.29. The van der Waals surface area contributed by atoms with Crippen molar-refractivity contribution in [3.05, 3.63) is 59.9 Å². The molecule has 7 nitrogen and oxygen atoms in total. The first-order valence-corrected chi connectivity index (χ1v) is 10.6. The van der Waals surface area contributed by atoms with Crippen LogP contribution in [0, 0.1) is 11.3 Å². The smallest absolute Gasteiger partial charge is 0.262 e. The number of fused-ring (bicyclic) bond motifs is 1. The van der Waals surface area contributed by atoms with E-state index in [0.29, 0.717) is 11.5 Å². The summed E-state index contributed by atoms with van der Waals surface area (Å²) in [7, 11) is 0. The molecule has 0 bridgehead atoms. The van der Waals surface area contributed by atoms with Gasteiger partial charge in [-0.25, -0.2) is 0 Å². The number of hydrogen-bond acceptors (Lipinski definition) is 6. The molecule has 1 amide bonds. The number of aliphatic hydroxyl groups excluding tert-OH is 2. The van der Waals surface area contributed by atoms with Crippen molar-refractivity contribution in [1.29, 1.82) is 5.26 Å². The third-order valence-electron chi connectivity index (χ3n) is 5.22. The van der Waals surface area contributed by atoms with E-state index in [1.54, 1.807) is 12.1 Å². The monoisotopic (exact) mass is 433 g/mol. The van der Waals surface area contributed by atoms with Gasteiger partial charge in [0.05, 0.1) is 12.7 Å². The van der Waals surface area contributed by atoms with E-state index in [-0.39, 0.29) is 12.1 Å². The third kappa shape index (κ3) is 5.35. The molecule has 0 aliphatic carbocycles. The van der Waals surface area contributed by atoms with Crippen molar-refractivity contribution in [3.8, 4) is 17.4 Å². The minimum Gasteiger partial charge on any atom is -0.457 e. The predicted octanol–water partition coefficient (Wildman–Crippen LogP) is 3.32. The number of anilines is 1. The number of carbonyl (C=O) groups is 1. The van der Waals surface area contributed by atoms with Gasteiger partial charge in [-0.2, -0.15) is 5.26 Å². The summed E-state index contributed by atoms with van der Waals surface area (Å²) in [6.45, 7) is 5.56. The van der Waals surface area contributed by atoms with Crippen molar-refractivity contribution < 1.29 is 19.4 Å². The molecule has 1 unspecified atom stereocenters. The van der Waals surface area contributed by atoms with E-state index in [1.807, 2.05) is 18.2 Å². The van der Waals surface area contributed by atoms with Crippen LogP contribution in [-0.2, 0) is 4.79 Å². The molecular formula is C25H27N3O4. The zero-order valence-corrected chi connectivity index (χ0v) is 18.2. The highest BCUT2D eigenvalue weighted by atomic mass is 16.3. The molecule has 0 radical (unpaired) electrons. The lowest BCUT2D eigenvalue weighted by molar-refractivity contribution is -0.117. The van der Waals surface area contributed by atoms with Gasteiger partial charge in [-0.05, 0) is 55.0 Å². The van der Waals surface area contributed by atoms with Gasteiger partial charge >= 0.3 is 0 Å². The van der Waals surface area contributed by atoms with Gasteiger partial charge in [-0.15, -0.1) is 0 Å². The molecule has 3 aromatic rings. The zero-order chi connectivity index (χ0) is 23.1. The molecule has 2 aromatic carbocycles. The van der Waals surface area contributed by atoms with Crippen LogP contribution in [-0.4, -0.2) is 48.5 Å². The van der Waals surface area contributed by atoms with Gasteiger partial charge in [0.25, 0.3) is 5.91 Å².